The van der Waals surface area contributed by atoms with Crippen molar-refractivity contribution in [1.82, 2.24) is 0 Å². The molecule has 0 saturated carbocycles. The van der Waals surface area contributed by atoms with Crippen LogP contribution in [0.1, 0.15) is 13.8 Å². The molecule has 0 aromatic rings. The maximum absolute atomic E-state index is 5.86. The Morgan fingerprint density at radius 2 is 1.31 bits per heavy atom. The summed E-state index contributed by atoms with van der Waals surface area (Å²) in [5.74, 6) is 0. The molecule has 0 saturated heterocycles. The summed E-state index contributed by atoms with van der Waals surface area (Å²) in [7, 11) is -1.81. The third-order valence-corrected chi connectivity index (χ3v) is 8.53. The van der Waals surface area contributed by atoms with E-state index in [-0.39, 0.29) is 0 Å². The van der Waals surface area contributed by atoms with Crippen LogP contribution in [0.3, 0.4) is 0 Å². The third kappa shape index (κ3) is 5.91. The van der Waals surface area contributed by atoms with Gasteiger partial charge in [0.05, 0.1) is 0 Å². The van der Waals surface area contributed by atoms with E-state index in [0.717, 1.165) is 34.2 Å². The second kappa shape index (κ2) is 8.87. The Bertz CT molecular complexity index is 95.2. The second-order valence-electron chi connectivity index (χ2n) is 2.65. The lowest BCUT2D eigenvalue weighted by Crippen LogP contribution is -2.43. The summed E-state index contributed by atoms with van der Waals surface area (Å²) in [6.07, 6.45) is 0. The van der Waals surface area contributed by atoms with Crippen LogP contribution in [-0.4, -0.2) is 30.6 Å². The summed E-state index contributed by atoms with van der Waals surface area (Å²) in [6.45, 7) is 5.70. The molecule has 0 fully saturated rings. The summed E-state index contributed by atoms with van der Waals surface area (Å²) in [4.78, 5) is 0. The highest BCUT2D eigenvalue weighted by molar-refractivity contribution is 14.1. The molecule has 0 radical (unpaired) electrons. The molecule has 0 heterocycles. The van der Waals surface area contributed by atoms with Gasteiger partial charge in [-0.3, -0.25) is 0 Å². The minimum Gasteiger partial charge on any atom is -0.394 e. The van der Waals surface area contributed by atoms with Crippen molar-refractivity contribution in [3.8, 4) is 0 Å². The highest BCUT2D eigenvalue weighted by atomic mass is 127. The van der Waals surface area contributed by atoms with E-state index in [9.17, 15) is 0 Å². The zero-order valence-corrected chi connectivity index (χ0v) is 13.6. The fourth-order valence-corrected chi connectivity index (χ4v) is 8.74. The molecule has 0 atom stereocenters. The summed E-state index contributed by atoms with van der Waals surface area (Å²) >= 11 is 4.81. The van der Waals surface area contributed by atoms with Crippen LogP contribution in [0.2, 0.25) is 12.1 Å². The van der Waals surface area contributed by atoms with Gasteiger partial charge in [0.15, 0.2) is 0 Å². The molecule has 0 spiro atoms. The fraction of sp³-hybridized carbons (Fsp3) is 1.00. The largest absolute Gasteiger partial charge is 0.394 e. The number of rotatable bonds is 8. The van der Waals surface area contributed by atoms with Gasteiger partial charge in [-0.05, 0) is 13.8 Å². The first-order chi connectivity index (χ1) is 6.24. The number of hydrogen-bond donors (Lipinski definition) is 0. The van der Waals surface area contributed by atoms with Crippen LogP contribution in [0.25, 0.3) is 0 Å². The standard InChI is InChI=1S/C8H18I2O2Si/c1-3-11-13(7-5-9,8-6-10)12-4-2/h3-8H2,1-2H3. The summed E-state index contributed by atoms with van der Waals surface area (Å²) < 4.78 is 14.0. The monoisotopic (exact) mass is 428 g/mol. The first-order valence-corrected chi connectivity index (χ1v) is 9.92. The second-order valence-corrected chi connectivity index (χ2v) is 8.21. The average molecular weight is 428 g/mol. The normalized spacial score (nSPS) is 12.0. The molecular weight excluding hydrogens is 410 g/mol. The van der Waals surface area contributed by atoms with E-state index >= 15 is 0 Å². The van der Waals surface area contributed by atoms with Crippen molar-refractivity contribution in [3.05, 3.63) is 0 Å². The Balaban J connectivity index is 4.19. The third-order valence-electron chi connectivity index (χ3n) is 1.77. The Hall–Kier alpha value is 1.60. The Morgan fingerprint density at radius 1 is 0.923 bits per heavy atom. The molecule has 0 bridgehead atoms. The summed E-state index contributed by atoms with van der Waals surface area (Å²) in [5.41, 5.74) is 0. The molecule has 2 nitrogen and oxygen atoms in total. The van der Waals surface area contributed by atoms with Gasteiger partial charge in [0.1, 0.15) is 0 Å². The van der Waals surface area contributed by atoms with E-state index in [1.165, 1.54) is 0 Å². The van der Waals surface area contributed by atoms with Gasteiger partial charge in [0, 0.05) is 34.2 Å². The van der Waals surface area contributed by atoms with Crippen molar-refractivity contribution in [1.29, 1.82) is 0 Å². The smallest absolute Gasteiger partial charge is 0.339 e. The van der Waals surface area contributed by atoms with Gasteiger partial charge in [-0.2, -0.15) is 0 Å². The molecule has 0 aliphatic carbocycles. The molecule has 0 aliphatic heterocycles. The highest BCUT2D eigenvalue weighted by Crippen LogP contribution is 2.21. The number of alkyl halides is 2. The molecule has 5 heteroatoms. The van der Waals surface area contributed by atoms with Crippen molar-refractivity contribution in [2.24, 2.45) is 0 Å². The molecule has 0 unspecified atom stereocenters. The molecule has 80 valence electrons. The van der Waals surface area contributed by atoms with Crippen LogP contribution in [0.15, 0.2) is 0 Å². The first kappa shape index (κ1) is 14.6. The van der Waals surface area contributed by atoms with Crippen molar-refractivity contribution in [2.75, 3.05) is 22.1 Å². The summed E-state index contributed by atoms with van der Waals surface area (Å²) in [6, 6.07) is 2.25. The number of halogens is 2. The van der Waals surface area contributed by atoms with E-state index in [0.29, 0.717) is 0 Å². The predicted octanol–water partition coefficient (Wildman–Crippen LogP) is 3.37. The maximum atomic E-state index is 5.86. The molecule has 0 aromatic carbocycles. The minimum absolute atomic E-state index is 0.791. The SMILES string of the molecule is CCO[Si](CCI)(CCI)OCC. The Morgan fingerprint density at radius 3 is 1.54 bits per heavy atom. The van der Waals surface area contributed by atoms with Crippen molar-refractivity contribution < 1.29 is 8.85 Å². The molecule has 0 rings (SSSR count). The predicted molar refractivity (Wildman–Crippen MR) is 76.4 cm³/mol. The highest BCUT2D eigenvalue weighted by Gasteiger charge is 2.35. The fourth-order valence-electron chi connectivity index (χ4n) is 1.27. The van der Waals surface area contributed by atoms with E-state index in [1.807, 2.05) is 0 Å². The molecule has 13 heavy (non-hydrogen) atoms. The van der Waals surface area contributed by atoms with Gasteiger partial charge < -0.3 is 8.85 Å². The van der Waals surface area contributed by atoms with Crippen LogP contribution in [0, 0.1) is 0 Å². The Kier molecular flexibility index (Phi) is 9.96. The molecule has 0 amide bonds. The molecular formula is C8H18I2O2Si. The molecule has 0 aromatic heterocycles. The molecule has 0 N–H and O–H groups in total. The Labute approximate surface area is 110 Å². The lowest BCUT2D eigenvalue weighted by molar-refractivity contribution is 0.185. The van der Waals surface area contributed by atoms with Crippen LogP contribution in [0.5, 0.6) is 0 Å². The zero-order valence-electron chi connectivity index (χ0n) is 8.32. The van der Waals surface area contributed by atoms with E-state index in [1.54, 1.807) is 0 Å². The van der Waals surface area contributed by atoms with Crippen molar-refractivity contribution in [3.63, 3.8) is 0 Å². The first-order valence-electron chi connectivity index (χ1n) is 4.64. The van der Waals surface area contributed by atoms with Gasteiger partial charge in [-0.15, -0.1) is 0 Å². The van der Waals surface area contributed by atoms with Crippen LogP contribution < -0.4 is 0 Å². The minimum atomic E-state index is -1.81. The maximum Gasteiger partial charge on any atom is 0.339 e. The van der Waals surface area contributed by atoms with Crippen LogP contribution in [-0.2, 0) is 8.85 Å². The van der Waals surface area contributed by atoms with Crippen LogP contribution >= 0.6 is 45.2 Å². The van der Waals surface area contributed by atoms with Crippen molar-refractivity contribution >= 4 is 53.7 Å². The number of hydrogen-bond acceptors (Lipinski definition) is 2. The van der Waals surface area contributed by atoms with Gasteiger partial charge in [-0.1, -0.05) is 45.2 Å². The van der Waals surface area contributed by atoms with Gasteiger partial charge in [0.2, 0.25) is 0 Å². The van der Waals surface area contributed by atoms with Gasteiger partial charge in [0.25, 0.3) is 0 Å². The van der Waals surface area contributed by atoms with E-state index < -0.39 is 8.56 Å². The van der Waals surface area contributed by atoms with Crippen molar-refractivity contribution in [2.45, 2.75) is 25.9 Å². The van der Waals surface area contributed by atoms with Gasteiger partial charge in [-0.25, -0.2) is 0 Å². The topological polar surface area (TPSA) is 18.5 Å². The lowest BCUT2D eigenvalue weighted by atomic mass is 10.9. The van der Waals surface area contributed by atoms with E-state index in [4.69, 9.17) is 8.85 Å². The van der Waals surface area contributed by atoms with Gasteiger partial charge >= 0.3 is 8.56 Å². The lowest BCUT2D eigenvalue weighted by Gasteiger charge is -2.28. The molecule has 0 aliphatic rings. The van der Waals surface area contributed by atoms with Crippen LogP contribution in [0.4, 0.5) is 0 Å². The zero-order chi connectivity index (χ0) is 10.2. The summed E-state index contributed by atoms with van der Waals surface area (Å²) in [5, 5.41) is 0. The van der Waals surface area contributed by atoms with E-state index in [2.05, 4.69) is 59.0 Å². The average Bonchev–Trinajstić information content (AvgIpc) is 2.06. The quantitative estimate of drug-likeness (QED) is 0.336.